The Morgan fingerprint density at radius 2 is 1.60 bits per heavy atom. The summed E-state index contributed by atoms with van der Waals surface area (Å²) in [5.74, 6) is -0.141. The van der Waals surface area contributed by atoms with E-state index in [-0.39, 0.29) is 5.91 Å². The van der Waals surface area contributed by atoms with Crippen LogP contribution in [0.1, 0.15) is 10.4 Å². The summed E-state index contributed by atoms with van der Waals surface area (Å²) in [5.41, 5.74) is 2.25. The highest BCUT2D eigenvalue weighted by Gasteiger charge is 2.07. The van der Waals surface area contributed by atoms with Crippen LogP contribution >= 0.6 is 0 Å². The lowest BCUT2D eigenvalue weighted by Gasteiger charge is -2.02. The van der Waals surface area contributed by atoms with Gasteiger partial charge in [-0.3, -0.25) is 4.79 Å². The maximum absolute atomic E-state index is 12.0. The number of amides is 1. The van der Waals surface area contributed by atoms with Crippen LogP contribution in [0.5, 0.6) is 0 Å². The fraction of sp³-hybridized carbons (Fsp3) is 0. The van der Waals surface area contributed by atoms with E-state index in [2.05, 4.69) is 10.4 Å². The van der Waals surface area contributed by atoms with Gasteiger partial charge in [0, 0.05) is 5.56 Å². The van der Waals surface area contributed by atoms with E-state index in [1.165, 1.54) is 0 Å². The molecule has 0 bridgehead atoms. The highest BCUT2D eigenvalue weighted by Crippen LogP contribution is 2.12. The van der Waals surface area contributed by atoms with Crippen molar-refractivity contribution < 1.29 is 4.79 Å². The van der Waals surface area contributed by atoms with Crippen molar-refractivity contribution in [2.24, 2.45) is 0 Å². The summed E-state index contributed by atoms with van der Waals surface area (Å²) < 4.78 is 1.72. The highest BCUT2D eigenvalue weighted by atomic mass is 16.1. The molecule has 1 amide bonds. The van der Waals surface area contributed by atoms with Crippen molar-refractivity contribution in [2.75, 3.05) is 5.32 Å². The average Bonchev–Trinajstić information content (AvgIpc) is 2.97. The third-order valence-electron chi connectivity index (χ3n) is 2.90. The number of carbonyl (C=O) groups is 1. The molecule has 98 valence electrons. The quantitative estimate of drug-likeness (QED) is 0.789. The van der Waals surface area contributed by atoms with Gasteiger partial charge in [-0.15, -0.1) is 0 Å². The van der Waals surface area contributed by atoms with Gasteiger partial charge in [0.1, 0.15) is 0 Å². The van der Waals surface area contributed by atoms with Gasteiger partial charge in [0.2, 0.25) is 0 Å². The van der Waals surface area contributed by atoms with Crippen LogP contribution in [0.3, 0.4) is 0 Å². The molecule has 3 aromatic rings. The van der Waals surface area contributed by atoms with Crippen LogP contribution in [-0.4, -0.2) is 15.7 Å². The van der Waals surface area contributed by atoms with Gasteiger partial charge in [-0.2, -0.15) is 5.10 Å². The molecule has 0 aliphatic carbocycles. The maximum atomic E-state index is 12.0. The Bertz CT molecular complexity index is 705. The Morgan fingerprint density at radius 1 is 0.950 bits per heavy atom. The van der Waals surface area contributed by atoms with Crippen molar-refractivity contribution in [3.05, 3.63) is 78.6 Å². The molecule has 1 aromatic heterocycles. The second-order valence-corrected chi connectivity index (χ2v) is 4.33. The zero-order valence-electron chi connectivity index (χ0n) is 10.7. The molecule has 0 fully saturated rings. The second-order valence-electron chi connectivity index (χ2n) is 4.33. The fourth-order valence-corrected chi connectivity index (χ4v) is 1.90. The molecule has 0 aliphatic heterocycles. The number of aromatic nitrogens is 2. The molecule has 4 nitrogen and oxygen atoms in total. The molecule has 0 saturated carbocycles. The number of rotatable bonds is 3. The first kappa shape index (κ1) is 12.2. The predicted octanol–water partition coefficient (Wildman–Crippen LogP) is 3.12. The van der Waals surface area contributed by atoms with Gasteiger partial charge < -0.3 is 5.32 Å². The fourth-order valence-electron chi connectivity index (χ4n) is 1.90. The minimum Gasteiger partial charge on any atom is -0.319 e. The van der Waals surface area contributed by atoms with E-state index in [1.807, 2.05) is 48.5 Å². The first-order valence-electron chi connectivity index (χ1n) is 6.29. The normalized spacial score (nSPS) is 10.2. The predicted molar refractivity (Wildman–Crippen MR) is 78.0 cm³/mol. The Hall–Kier alpha value is -2.88. The van der Waals surface area contributed by atoms with Gasteiger partial charge >= 0.3 is 0 Å². The summed E-state index contributed by atoms with van der Waals surface area (Å²) in [7, 11) is 0. The smallest absolute Gasteiger partial charge is 0.255 e. The van der Waals surface area contributed by atoms with Crippen molar-refractivity contribution in [1.82, 2.24) is 9.78 Å². The third-order valence-corrected chi connectivity index (χ3v) is 2.90. The third kappa shape index (κ3) is 2.59. The number of hydrogen-bond donors (Lipinski definition) is 1. The zero-order chi connectivity index (χ0) is 13.8. The monoisotopic (exact) mass is 263 g/mol. The summed E-state index contributed by atoms with van der Waals surface area (Å²) in [6, 6.07) is 18.8. The SMILES string of the molecule is O=C(Nc1cnn(-c2ccccc2)c1)c1ccccc1. The molecule has 2 aromatic carbocycles. The van der Waals surface area contributed by atoms with Crippen molar-refractivity contribution >= 4 is 11.6 Å². The summed E-state index contributed by atoms with van der Waals surface area (Å²) in [5, 5.41) is 7.06. The van der Waals surface area contributed by atoms with Crippen molar-refractivity contribution in [3.63, 3.8) is 0 Å². The van der Waals surface area contributed by atoms with Gasteiger partial charge in [-0.25, -0.2) is 4.68 Å². The van der Waals surface area contributed by atoms with Crippen LogP contribution < -0.4 is 5.32 Å². The summed E-state index contributed by atoms with van der Waals surface area (Å²) in [6.07, 6.45) is 3.42. The van der Waals surface area contributed by atoms with E-state index in [0.717, 1.165) is 5.69 Å². The summed E-state index contributed by atoms with van der Waals surface area (Å²) >= 11 is 0. The number of benzene rings is 2. The molecule has 0 spiro atoms. The van der Waals surface area contributed by atoms with Gasteiger partial charge in [0.05, 0.1) is 23.8 Å². The highest BCUT2D eigenvalue weighted by molar-refractivity contribution is 6.04. The minimum atomic E-state index is -0.141. The van der Waals surface area contributed by atoms with Crippen LogP contribution in [-0.2, 0) is 0 Å². The van der Waals surface area contributed by atoms with Crippen molar-refractivity contribution in [2.45, 2.75) is 0 Å². The standard InChI is InChI=1S/C16H13N3O/c20-16(13-7-3-1-4-8-13)18-14-11-17-19(12-14)15-9-5-2-6-10-15/h1-12H,(H,18,20). The summed E-state index contributed by atoms with van der Waals surface area (Å²) in [4.78, 5) is 12.0. The largest absolute Gasteiger partial charge is 0.319 e. The second kappa shape index (κ2) is 5.40. The van der Waals surface area contributed by atoms with E-state index in [4.69, 9.17) is 0 Å². The van der Waals surface area contributed by atoms with Gasteiger partial charge in [-0.05, 0) is 24.3 Å². The lowest BCUT2D eigenvalue weighted by Crippen LogP contribution is -2.10. The average molecular weight is 263 g/mol. The van der Waals surface area contributed by atoms with Gasteiger partial charge in [-0.1, -0.05) is 36.4 Å². The number of hydrogen-bond acceptors (Lipinski definition) is 2. The number of nitrogens with one attached hydrogen (secondary N) is 1. The van der Waals surface area contributed by atoms with Crippen LogP contribution in [0.25, 0.3) is 5.69 Å². The van der Waals surface area contributed by atoms with E-state index in [0.29, 0.717) is 11.3 Å². The summed E-state index contributed by atoms with van der Waals surface area (Å²) in [6.45, 7) is 0. The molecular formula is C16H13N3O. The Labute approximate surface area is 116 Å². The molecule has 20 heavy (non-hydrogen) atoms. The minimum absolute atomic E-state index is 0.141. The van der Waals surface area contributed by atoms with Gasteiger partial charge in [0.25, 0.3) is 5.91 Å². The molecule has 4 heteroatoms. The first-order chi connectivity index (χ1) is 9.83. The lowest BCUT2D eigenvalue weighted by atomic mass is 10.2. The molecule has 0 saturated heterocycles. The van der Waals surface area contributed by atoms with Crippen molar-refractivity contribution in [3.8, 4) is 5.69 Å². The molecule has 0 unspecified atom stereocenters. The van der Waals surface area contributed by atoms with Crippen LogP contribution in [0.2, 0.25) is 0 Å². The number of nitrogens with zero attached hydrogens (tertiary/aromatic N) is 2. The van der Waals surface area contributed by atoms with Gasteiger partial charge in [0.15, 0.2) is 0 Å². The molecule has 0 aliphatic rings. The number of anilines is 1. The van der Waals surface area contributed by atoms with E-state index in [1.54, 1.807) is 29.2 Å². The zero-order valence-corrected chi connectivity index (χ0v) is 10.7. The molecule has 1 heterocycles. The van der Waals surface area contributed by atoms with Crippen LogP contribution in [0, 0.1) is 0 Å². The van der Waals surface area contributed by atoms with E-state index < -0.39 is 0 Å². The lowest BCUT2D eigenvalue weighted by molar-refractivity contribution is 0.102. The van der Waals surface area contributed by atoms with Crippen LogP contribution in [0.4, 0.5) is 5.69 Å². The van der Waals surface area contributed by atoms with E-state index in [9.17, 15) is 4.79 Å². The Morgan fingerprint density at radius 3 is 2.30 bits per heavy atom. The molecule has 3 rings (SSSR count). The Balaban J connectivity index is 1.77. The maximum Gasteiger partial charge on any atom is 0.255 e. The number of para-hydroxylation sites is 1. The molecule has 0 atom stereocenters. The topological polar surface area (TPSA) is 46.9 Å². The van der Waals surface area contributed by atoms with Crippen LogP contribution in [0.15, 0.2) is 73.1 Å². The first-order valence-corrected chi connectivity index (χ1v) is 6.29. The Kier molecular flexibility index (Phi) is 3.29. The number of carbonyl (C=O) groups excluding carboxylic acids is 1. The molecule has 1 N–H and O–H groups in total. The van der Waals surface area contributed by atoms with E-state index >= 15 is 0 Å². The molecule has 0 radical (unpaired) electrons. The van der Waals surface area contributed by atoms with Crippen molar-refractivity contribution in [1.29, 1.82) is 0 Å². The molecular weight excluding hydrogens is 250 g/mol.